The predicted molar refractivity (Wildman–Crippen MR) is 76.4 cm³/mol. The van der Waals surface area contributed by atoms with Gasteiger partial charge in [-0.15, -0.1) is 0 Å². The number of nitrogens with one attached hydrogen (secondary N) is 4. The Hall–Kier alpha value is -2.20. The van der Waals surface area contributed by atoms with E-state index in [1.165, 1.54) is 12.1 Å². The van der Waals surface area contributed by atoms with E-state index in [9.17, 15) is 13.2 Å². The maximum atomic E-state index is 12.4. The lowest BCUT2D eigenvalue weighted by Gasteiger charge is -2.08. The highest BCUT2D eigenvalue weighted by Crippen LogP contribution is 2.20. The van der Waals surface area contributed by atoms with Crippen molar-refractivity contribution < 1.29 is 8.42 Å². The molecule has 0 amide bonds. The Morgan fingerprint density at radius 3 is 2.62 bits per heavy atom. The number of anilines is 1. The van der Waals surface area contributed by atoms with Crippen molar-refractivity contribution in [2.75, 3.05) is 11.3 Å². The quantitative estimate of drug-likeness (QED) is 0.579. The summed E-state index contributed by atoms with van der Waals surface area (Å²) >= 11 is 0. The third kappa shape index (κ3) is 3.47. The second-order valence-corrected chi connectivity index (χ2v) is 5.94. The fourth-order valence-electron chi connectivity index (χ4n) is 1.78. The molecule has 4 N–H and O–H groups in total. The van der Waals surface area contributed by atoms with Gasteiger partial charge in [-0.05, 0) is 19.5 Å². The number of sulfonamides is 1. The van der Waals surface area contributed by atoms with Gasteiger partial charge < -0.3 is 5.32 Å². The molecule has 2 aromatic heterocycles. The van der Waals surface area contributed by atoms with Crippen LogP contribution in [0.25, 0.3) is 0 Å². The van der Waals surface area contributed by atoms with Gasteiger partial charge in [-0.25, -0.2) is 13.5 Å². The molecule has 9 nitrogen and oxygen atoms in total. The van der Waals surface area contributed by atoms with Crippen LogP contribution in [-0.2, 0) is 16.6 Å². The maximum Gasteiger partial charge on any atom is 0.266 e. The van der Waals surface area contributed by atoms with Gasteiger partial charge in [0.25, 0.3) is 15.6 Å². The average molecular weight is 312 g/mol. The minimum atomic E-state index is -3.84. The van der Waals surface area contributed by atoms with Crippen molar-refractivity contribution in [2.24, 2.45) is 0 Å². The summed E-state index contributed by atoms with van der Waals surface area (Å²) in [5, 5.41) is 15.5. The highest BCUT2D eigenvalue weighted by molar-refractivity contribution is 7.92. The molecule has 0 unspecified atom stereocenters. The number of aromatic amines is 2. The van der Waals surface area contributed by atoms with Crippen LogP contribution in [-0.4, -0.2) is 35.4 Å². The SMILES string of the molecule is CCNCc1n[nH]c(C)c1S(=O)(=O)Nc1ccc(=O)[nH]n1. The van der Waals surface area contributed by atoms with E-state index in [1.807, 2.05) is 6.92 Å². The average Bonchev–Trinajstić information content (AvgIpc) is 2.81. The lowest BCUT2D eigenvalue weighted by molar-refractivity contribution is 0.597. The van der Waals surface area contributed by atoms with Gasteiger partial charge in [-0.2, -0.15) is 10.2 Å². The number of aromatic nitrogens is 4. The Labute approximate surface area is 121 Å². The van der Waals surface area contributed by atoms with Crippen molar-refractivity contribution in [2.45, 2.75) is 25.3 Å². The van der Waals surface area contributed by atoms with E-state index in [1.54, 1.807) is 6.92 Å². The van der Waals surface area contributed by atoms with E-state index >= 15 is 0 Å². The molecule has 0 fully saturated rings. The van der Waals surface area contributed by atoms with Crippen LogP contribution < -0.4 is 15.6 Å². The molecule has 0 aliphatic rings. The van der Waals surface area contributed by atoms with Gasteiger partial charge in [-0.1, -0.05) is 6.92 Å². The first-order chi connectivity index (χ1) is 9.94. The Kier molecular flexibility index (Phi) is 4.38. The van der Waals surface area contributed by atoms with Gasteiger partial charge in [0.15, 0.2) is 5.82 Å². The standard InChI is InChI=1S/C11H16N6O3S/c1-3-12-6-8-11(7(2)13-14-8)21(19,20)17-9-4-5-10(18)16-15-9/h4-5,12H,3,6H2,1-2H3,(H,13,14)(H,15,17)(H,16,18). The van der Waals surface area contributed by atoms with Crippen LogP contribution in [0.4, 0.5) is 5.82 Å². The summed E-state index contributed by atoms with van der Waals surface area (Å²) in [5.41, 5.74) is 0.413. The van der Waals surface area contributed by atoms with Gasteiger partial charge in [-0.3, -0.25) is 14.6 Å². The van der Waals surface area contributed by atoms with Gasteiger partial charge in [0, 0.05) is 12.6 Å². The lowest BCUT2D eigenvalue weighted by atomic mass is 10.3. The maximum absolute atomic E-state index is 12.4. The molecule has 10 heteroatoms. The minimum absolute atomic E-state index is 0.0320. The minimum Gasteiger partial charge on any atom is -0.311 e. The largest absolute Gasteiger partial charge is 0.311 e. The van der Waals surface area contributed by atoms with E-state index in [0.29, 0.717) is 24.5 Å². The highest BCUT2D eigenvalue weighted by atomic mass is 32.2. The Morgan fingerprint density at radius 2 is 2.00 bits per heavy atom. The summed E-state index contributed by atoms with van der Waals surface area (Å²) in [6.45, 7) is 4.56. The first-order valence-electron chi connectivity index (χ1n) is 6.27. The molecule has 0 aliphatic carbocycles. The Morgan fingerprint density at radius 1 is 1.24 bits per heavy atom. The molecule has 0 saturated carbocycles. The smallest absolute Gasteiger partial charge is 0.266 e. The molecule has 0 radical (unpaired) electrons. The summed E-state index contributed by atoms with van der Waals surface area (Å²) in [6.07, 6.45) is 0. The van der Waals surface area contributed by atoms with Gasteiger partial charge in [0.2, 0.25) is 0 Å². The molecule has 114 valence electrons. The zero-order valence-corrected chi connectivity index (χ0v) is 12.4. The number of nitrogens with zero attached hydrogens (tertiary/aromatic N) is 2. The molecular weight excluding hydrogens is 296 g/mol. The molecule has 0 bridgehead atoms. The van der Waals surface area contributed by atoms with Crippen LogP contribution in [0.1, 0.15) is 18.3 Å². The van der Waals surface area contributed by atoms with Gasteiger partial charge in [0.05, 0.1) is 11.4 Å². The van der Waals surface area contributed by atoms with Crippen molar-refractivity contribution >= 4 is 15.8 Å². The molecular formula is C11H16N6O3S. The molecule has 2 heterocycles. The van der Waals surface area contributed by atoms with E-state index in [-0.39, 0.29) is 10.7 Å². The summed E-state index contributed by atoms with van der Waals surface area (Å²) in [4.78, 5) is 11.0. The summed E-state index contributed by atoms with van der Waals surface area (Å²) < 4.78 is 27.2. The molecule has 21 heavy (non-hydrogen) atoms. The molecule has 0 saturated heterocycles. The van der Waals surface area contributed by atoms with Crippen LogP contribution in [0.5, 0.6) is 0 Å². The van der Waals surface area contributed by atoms with E-state index < -0.39 is 15.6 Å². The van der Waals surface area contributed by atoms with E-state index in [4.69, 9.17) is 0 Å². The number of H-pyrrole nitrogens is 2. The van der Waals surface area contributed by atoms with Crippen LogP contribution in [0, 0.1) is 6.92 Å². The number of hydrogen-bond acceptors (Lipinski definition) is 6. The fraction of sp³-hybridized carbons (Fsp3) is 0.364. The summed E-state index contributed by atoms with van der Waals surface area (Å²) in [5.74, 6) is 0.0320. The molecule has 2 aromatic rings. The van der Waals surface area contributed by atoms with E-state index in [2.05, 4.69) is 30.4 Å². The molecule has 0 aliphatic heterocycles. The number of aryl methyl sites for hydroxylation is 1. The molecule has 0 aromatic carbocycles. The Bertz CT molecular complexity index is 759. The zero-order chi connectivity index (χ0) is 15.5. The van der Waals surface area contributed by atoms with Crippen molar-refractivity contribution in [1.82, 2.24) is 25.7 Å². The topological polar surface area (TPSA) is 133 Å². The van der Waals surface area contributed by atoms with Crippen LogP contribution in [0.2, 0.25) is 0 Å². The third-order valence-electron chi connectivity index (χ3n) is 2.69. The summed E-state index contributed by atoms with van der Waals surface area (Å²) in [7, 11) is -3.84. The lowest BCUT2D eigenvalue weighted by Crippen LogP contribution is -2.20. The first kappa shape index (κ1) is 15.2. The van der Waals surface area contributed by atoms with Crippen molar-refractivity contribution in [3.63, 3.8) is 0 Å². The van der Waals surface area contributed by atoms with Crippen molar-refractivity contribution in [1.29, 1.82) is 0 Å². The Balaban J connectivity index is 2.33. The molecule has 0 atom stereocenters. The predicted octanol–water partition coefficient (Wildman–Crippen LogP) is -0.288. The van der Waals surface area contributed by atoms with E-state index in [0.717, 1.165) is 0 Å². The molecule has 2 rings (SSSR count). The number of rotatable bonds is 6. The summed E-state index contributed by atoms with van der Waals surface area (Å²) in [6, 6.07) is 2.47. The normalized spacial score (nSPS) is 11.5. The van der Waals surface area contributed by atoms with Crippen LogP contribution >= 0.6 is 0 Å². The van der Waals surface area contributed by atoms with Gasteiger partial charge >= 0.3 is 0 Å². The monoisotopic (exact) mass is 312 g/mol. The van der Waals surface area contributed by atoms with Gasteiger partial charge in [0.1, 0.15) is 4.90 Å². The molecule has 0 spiro atoms. The first-order valence-corrected chi connectivity index (χ1v) is 7.75. The third-order valence-corrected chi connectivity index (χ3v) is 4.25. The highest BCUT2D eigenvalue weighted by Gasteiger charge is 2.24. The zero-order valence-electron chi connectivity index (χ0n) is 11.6. The van der Waals surface area contributed by atoms with Crippen molar-refractivity contribution in [3.8, 4) is 0 Å². The van der Waals surface area contributed by atoms with Crippen molar-refractivity contribution in [3.05, 3.63) is 33.9 Å². The number of hydrogen-bond donors (Lipinski definition) is 4. The second-order valence-electron chi connectivity index (χ2n) is 4.32. The fourth-order valence-corrected chi connectivity index (χ4v) is 3.15. The van der Waals surface area contributed by atoms with Crippen LogP contribution in [0.15, 0.2) is 21.8 Å². The second kappa shape index (κ2) is 6.06. The van der Waals surface area contributed by atoms with Crippen LogP contribution in [0.3, 0.4) is 0 Å².